The molecule has 0 heterocycles. The Labute approximate surface area is 95.2 Å². The van der Waals surface area contributed by atoms with Crippen molar-refractivity contribution in [2.24, 2.45) is 0 Å². The van der Waals surface area contributed by atoms with Crippen molar-refractivity contribution < 1.29 is 14.2 Å². The summed E-state index contributed by atoms with van der Waals surface area (Å²) in [6, 6.07) is 5.63. The summed E-state index contributed by atoms with van der Waals surface area (Å²) in [6.45, 7) is 3.99. The molecule has 0 radical (unpaired) electrons. The van der Waals surface area contributed by atoms with E-state index in [4.69, 9.17) is 9.84 Å². The van der Waals surface area contributed by atoms with E-state index in [9.17, 15) is 4.39 Å². The smallest absolute Gasteiger partial charge is 0.122 e. The number of aliphatic hydroxyl groups is 1. The lowest BCUT2D eigenvalue weighted by molar-refractivity contribution is 0.151. The van der Waals surface area contributed by atoms with E-state index >= 15 is 0 Å². The summed E-state index contributed by atoms with van der Waals surface area (Å²) >= 11 is 0. The Hall–Kier alpha value is -1.29. The van der Waals surface area contributed by atoms with Gasteiger partial charge in [0.05, 0.1) is 12.7 Å². The molecule has 0 aliphatic heterocycles. The summed E-state index contributed by atoms with van der Waals surface area (Å²) < 4.78 is 17.4. The van der Waals surface area contributed by atoms with Crippen LogP contribution < -0.4 is 10.1 Å². The minimum absolute atomic E-state index is 0.212. The predicted octanol–water partition coefficient (Wildman–Crippen LogP) is 2.14. The number of alkyl halides is 1. The van der Waals surface area contributed by atoms with E-state index < -0.39 is 12.8 Å². The summed E-state index contributed by atoms with van der Waals surface area (Å²) in [5.74, 6) is 0.846. The third kappa shape index (κ3) is 3.70. The molecule has 0 aliphatic carbocycles. The van der Waals surface area contributed by atoms with Crippen molar-refractivity contribution in [2.45, 2.75) is 20.0 Å². The van der Waals surface area contributed by atoms with E-state index in [0.29, 0.717) is 6.61 Å². The Balaban J connectivity index is 2.59. The van der Waals surface area contributed by atoms with E-state index in [1.54, 1.807) is 0 Å². The maximum absolute atomic E-state index is 12.0. The van der Waals surface area contributed by atoms with Gasteiger partial charge in [-0.15, -0.1) is 0 Å². The van der Waals surface area contributed by atoms with Crippen molar-refractivity contribution >= 4 is 5.69 Å². The van der Waals surface area contributed by atoms with Crippen LogP contribution in [0.4, 0.5) is 10.1 Å². The highest BCUT2D eigenvalue weighted by Gasteiger charge is 2.04. The Bertz CT molecular complexity index is 331. The third-order valence-electron chi connectivity index (χ3n) is 2.19. The molecule has 90 valence electrons. The van der Waals surface area contributed by atoms with Crippen LogP contribution >= 0.6 is 0 Å². The highest BCUT2D eigenvalue weighted by Crippen LogP contribution is 2.21. The molecule has 4 heteroatoms. The van der Waals surface area contributed by atoms with E-state index in [2.05, 4.69) is 5.32 Å². The Morgan fingerprint density at radius 3 is 2.81 bits per heavy atom. The fourth-order valence-electron chi connectivity index (χ4n) is 1.37. The first-order valence-corrected chi connectivity index (χ1v) is 5.38. The van der Waals surface area contributed by atoms with E-state index in [1.165, 1.54) is 0 Å². The summed E-state index contributed by atoms with van der Waals surface area (Å²) in [7, 11) is 0. The van der Waals surface area contributed by atoms with E-state index in [-0.39, 0.29) is 6.54 Å². The number of nitrogens with one attached hydrogen (secondary N) is 1. The van der Waals surface area contributed by atoms with Gasteiger partial charge in [-0.1, -0.05) is 0 Å². The number of aliphatic hydroxyl groups excluding tert-OH is 1. The molecule has 0 spiro atoms. The van der Waals surface area contributed by atoms with Gasteiger partial charge in [-0.3, -0.25) is 0 Å². The Morgan fingerprint density at radius 2 is 2.25 bits per heavy atom. The van der Waals surface area contributed by atoms with Gasteiger partial charge in [0.15, 0.2) is 0 Å². The molecule has 16 heavy (non-hydrogen) atoms. The monoisotopic (exact) mass is 227 g/mol. The second-order valence-electron chi connectivity index (χ2n) is 3.60. The number of anilines is 1. The molecular weight excluding hydrogens is 209 g/mol. The van der Waals surface area contributed by atoms with Crippen molar-refractivity contribution in [1.82, 2.24) is 0 Å². The SMILES string of the molecule is CCOc1ccc(NC[C@H](O)CF)cc1C. The van der Waals surface area contributed by atoms with E-state index in [0.717, 1.165) is 17.0 Å². The molecule has 1 atom stereocenters. The fourth-order valence-corrected chi connectivity index (χ4v) is 1.37. The minimum atomic E-state index is -0.952. The quantitative estimate of drug-likeness (QED) is 0.782. The highest BCUT2D eigenvalue weighted by atomic mass is 19.1. The van der Waals surface area contributed by atoms with Crippen molar-refractivity contribution in [3.63, 3.8) is 0 Å². The van der Waals surface area contributed by atoms with Gasteiger partial charge in [-0.05, 0) is 37.6 Å². The number of halogens is 1. The van der Waals surface area contributed by atoms with Crippen LogP contribution in [0.2, 0.25) is 0 Å². The molecule has 0 aromatic heterocycles. The summed E-state index contributed by atoms with van der Waals surface area (Å²) in [5.41, 5.74) is 1.87. The van der Waals surface area contributed by atoms with Gasteiger partial charge in [0.25, 0.3) is 0 Å². The maximum atomic E-state index is 12.0. The largest absolute Gasteiger partial charge is 0.494 e. The molecule has 0 bridgehead atoms. The van der Waals surface area contributed by atoms with Gasteiger partial charge >= 0.3 is 0 Å². The standard InChI is InChI=1S/C12H18FNO2/c1-3-16-12-5-4-10(6-9(12)2)14-8-11(15)7-13/h4-6,11,14-15H,3,7-8H2,1-2H3/t11-/m1/s1. The van der Waals surface area contributed by atoms with Crippen LogP contribution in [0.1, 0.15) is 12.5 Å². The highest BCUT2D eigenvalue weighted by molar-refractivity contribution is 5.50. The van der Waals surface area contributed by atoms with Crippen LogP contribution in [0.3, 0.4) is 0 Å². The summed E-state index contributed by atoms with van der Waals surface area (Å²) in [4.78, 5) is 0. The lowest BCUT2D eigenvalue weighted by Gasteiger charge is -2.12. The first-order chi connectivity index (χ1) is 7.67. The zero-order chi connectivity index (χ0) is 12.0. The number of ether oxygens (including phenoxy) is 1. The summed E-state index contributed by atoms with van der Waals surface area (Å²) in [6.07, 6.45) is -0.952. The van der Waals surface area contributed by atoms with Crippen LogP contribution in [0, 0.1) is 6.92 Å². The van der Waals surface area contributed by atoms with Crippen molar-refractivity contribution in [2.75, 3.05) is 25.1 Å². The van der Waals surface area contributed by atoms with Gasteiger partial charge in [-0.25, -0.2) is 4.39 Å². The van der Waals surface area contributed by atoms with Crippen molar-refractivity contribution in [3.8, 4) is 5.75 Å². The van der Waals surface area contributed by atoms with Gasteiger partial charge in [-0.2, -0.15) is 0 Å². The minimum Gasteiger partial charge on any atom is -0.494 e. The van der Waals surface area contributed by atoms with Crippen molar-refractivity contribution in [3.05, 3.63) is 23.8 Å². The first kappa shape index (κ1) is 12.8. The molecule has 1 rings (SSSR count). The lowest BCUT2D eigenvalue weighted by atomic mass is 10.2. The average Bonchev–Trinajstić information content (AvgIpc) is 2.29. The van der Waals surface area contributed by atoms with Crippen LogP contribution in [0.25, 0.3) is 0 Å². The molecule has 1 aromatic rings. The maximum Gasteiger partial charge on any atom is 0.122 e. The second-order valence-corrected chi connectivity index (χ2v) is 3.60. The van der Waals surface area contributed by atoms with Gasteiger partial charge < -0.3 is 15.2 Å². The first-order valence-electron chi connectivity index (χ1n) is 5.38. The molecule has 0 saturated carbocycles. The summed E-state index contributed by atoms with van der Waals surface area (Å²) in [5, 5.41) is 12.0. The van der Waals surface area contributed by atoms with E-state index in [1.807, 2.05) is 32.0 Å². The molecule has 2 N–H and O–H groups in total. The number of hydrogen-bond donors (Lipinski definition) is 2. The van der Waals surface area contributed by atoms with Gasteiger partial charge in [0, 0.05) is 12.2 Å². The predicted molar refractivity (Wildman–Crippen MR) is 62.8 cm³/mol. The Morgan fingerprint density at radius 1 is 1.50 bits per heavy atom. The number of hydrogen-bond acceptors (Lipinski definition) is 3. The molecule has 0 amide bonds. The normalized spacial score (nSPS) is 12.2. The topological polar surface area (TPSA) is 41.5 Å². The zero-order valence-corrected chi connectivity index (χ0v) is 9.66. The fraction of sp³-hybridized carbons (Fsp3) is 0.500. The molecule has 0 saturated heterocycles. The number of rotatable bonds is 6. The van der Waals surface area contributed by atoms with Crippen molar-refractivity contribution in [1.29, 1.82) is 0 Å². The molecule has 0 fully saturated rings. The number of aryl methyl sites for hydroxylation is 1. The van der Waals surface area contributed by atoms with Crippen LogP contribution in [-0.2, 0) is 0 Å². The number of benzene rings is 1. The zero-order valence-electron chi connectivity index (χ0n) is 9.66. The average molecular weight is 227 g/mol. The second kappa shape index (κ2) is 6.33. The van der Waals surface area contributed by atoms with Gasteiger partial charge in [0.1, 0.15) is 12.4 Å². The molecule has 3 nitrogen and oxygen atoms in total. The lowest BCUT2D eigenvalue weighted by Crippen LogP contribution is -2.21. The van der Waals surface area contributed by atoms with Crippen LogP contribution in [0.5, 0.6) is 5.75 Å². The van der Waals surface area contributed by atoms with Crippen LogP contribution in [0.15, 0.2) is 18.2 Å². The molecule has 0 unspecified atom stereocenters. The molecule has 1 aromatic carbocycles. The third-order valence-corrected chi connectivity index (χ3v) is 2.19. The Kier molecular flexibility index (Phi) is 5.05. The van der Waals surface area contributed by atoms with Gasteiger partial charge in [0.2, 0.25) is 0 Å². The molecule has 0 aliphatic rings. The molecular formula is C12H18FNO2. The van der Waals surface area contributed by atoms with Crippen LogP contribution in [-0.4, -0.2) is 31.0 Å².